The number of carbonyl (C=O) groups excluding carboxylic acids is 2. The van der Waals surface area contributed by atoms with Crippen molar-refractivity contribution in [1.82, 2.24) is 4.90 Å². The highest BCUT2D eigenvalue weighted by atomic mass is 16.5. The molecule has 2 aliphatic rings. The Kier molecular flexibility index (Phi) is 4.70. The minimum Gasteiger partial charge on any atom is -0.367 e. The van der Waals surface area contributed by atoms with Gasteiger partial charge >= 0.3 is 0 Å². The van der Waals surface area contributed by atoms with Gasteiger partial charge in [-0.2, -0.15) is 0 Å². The van der Waals surface area contributed by atoms with Crippen molar-refractivity contribution in [3.8, 4) is 11.1 Å². The number of benzene rings is 2. The van der Waals surface area contributed by atoms with Crippen molar-refractivity contribution in [1.29, 1.82) is 0 Å². The molecule has 0 spiro atoms. The molecule has 5 nitrogen and oxygen atoms in total. The van der Waals surface area contributed by atoms with Crippen LogP contribution < -0.4 is 5.73 Å². The first kappa shape index (κ1) is 17.7. The predicted molar refractivity (Wildman–Crippen MR) is 103 cm³/mol. The van der Waals surface area contributed by atoms with Crippen LogP contribution in [0.25, 0.3) is 11.1 Å². The average molecular weight is 364 g/mol. The number of rotatable bonds is 5. The fraction of sp³-hybridized carbons (Fsp3) is 0.364. The molecule has 2 N–H and O–H groups in total. The van der Waals surface area contributed by atoms with Crippen LogP contribution in [0.2, 0.25) is 0 Å². The van der Waals surface area contributed by atoms with Crippen LogP contribution in [-0.4, -0.2) is 42.0 Å². The molecule has 1 atom stereocenters. The third kappa shape index (κ3) is 3.74. The van der Waals surface area contributed by atoms with Crippen LogP contribution in [0.4, 0.5) is 0 Å². The average Bonchev–Trinajstić information content (AvgIpc) is 3.54. The zero-order valence-corrected chi connectivity index (χ0v) is 15.3. The van der Waals surface area contributed by atoms with Gasteiger partial charge in [0.1, 0.15) is 0 Å². The van der Waals surface area contributed by atoms with E-state index in [1.807, 2.05) is 36.4 Å². The van der Waals surface area contributed by atoms with Crippen molar-refractivity contribution in [3.05, 3.63) is 60.2 Å². The summed E-state index contributed by atoms with van der Waals surface area (Å²) in [4.78, 5) is 26.6. The molecule has 1 unspecified atom stereocenters. The summed E-state index contributed by atoms with van der Waals surface area (Å²) in [6.45, 7) is 1.08. The molecule has 27 heavy (non-hydrogen) atoms. The number of ether oxygens (including phenoxy) is 1. The standard InChI is InChI=1S/C22H24N2O3/c23-21(26)22(15-24(11-12-27-22)20(25)18-9-10-18)14-16-5-4-8-19(13-16)17-6-2-1-3-7-17/h1-8,13,18H,9-12,14-15H2,(H2,23,26). The fourth-order valence-corrected chi connectivity index (χ4v) is 3.73. The summed E-state index contributed by atoms with van der Waals surface area (Å²) in [6.07, 6.45) is 2.25. The lowest BCUT2D eigenvalue weighted by molar-refractivity contribution is -0.164. The molecule has 1 aliphatic carbocycles. The molecule has 2 amide bonds. The predicted octanol–water partition coefficient (Wildman–Crippen LogP) is 2.39. The van der Waals surface area contributed by atoms with Crippen LogP contribution in [0, 0.1) is 5.92 Å². The molecular formula is C22H24N2O3. The first-order valence-electron chi connectivity index (χ1n) is 9.44. The Hall–Kier alpha value is -2.66. The lowest BCUT2D eigenvalue weighted by Gasteiger charge is -2.41. The van der Waals surface area contributed by atoms with Gasteiger partial charge in [-0.25, -0.2) is 0 Å². The fourth-order valence-electron chi connectivity index (χ4n) is 3.73. The number of amides is 2. The van der Waals surface area contributed by atoms with Crippen LogP contribution in [0.1, 0.15) is 18.4 Å². The van der Waals surface area contributed by atoms with Crippen LogP contribution in [0.5, 0.6) is 0 Å². The van der Waals surface area contributed by atoms with Gasteiger partial charge in [0, 0.05) is 18.9 Å². The maximum Gasteiger partial charge on any atom is 0.251 e. The number of carbonyl (C=O) groups is 2. The Bertz CT molecular complexity index is 848. The minimum atomic E-state index is -1.17. The topological polar surface area (TPSA) is 72.6 Å². The zero-order valence-electron chi connectivity index (χ0n) is 15.3. The van der Waals surface area contributed by atoms with Gasteiger partial charge in [-0.05, 0) is 29.5 Å². The summed E-state index contributed by atoms with van der Waals surface area (Å²) in [7, 11) is 0. The summed E-state index contributed by atoms with van der Waals surface area (Å²) in [5.41, 5.74) is 7.74. The Morgan fingerprint density at radius 2 is 1.81 bits per heavy atom. The molecule has 0 aromatic heterocycles. The lowest BCUT2D eigenvalue weighted by atomic mass is 9.90. The van der Waals surface area contributed by atoms with Gasteiger partial charge in [0.15, 0.2) is 5.60 Å². The molecule has 2 aromatic carbocycles. The van der Waals surface area contributed by atoms with Crippen molar-refractivity contribution < 1.29 is 14.3 Å². The van der Waals surface area contributed by atoms with Crippen molar-refractivity contribution in [2.75, 3.05) is 19.7 Å². The highest BCUT2D eigenvalue weighted by Crippen LogP contribution is 2.33. The number of morpholine rings is 1. The van der Waals surface area contributed by atoms with Gasteiger partial charge in [0.2, 0.25) is 5.91 Å². The van der Waals surface area contributed by atoms with Crippen molar-refractivity contribution in [2.24, 2.45) is 11.7 Å². The second-order valence-corrected chi connectivity index (χ2v) is 7.48. The third-order valence-electron chi connectivity index (χ3n) is 5.40. The second kappa shape index (κ2) is 7.16. The molecule has 2 fully saturated rings. The minimum absolute atomic E-state index is 0.120. The Balaban J connectivity index is 1.58. The highest BCUT2D eigenvalue weighted by molar-refractivity contribution is 5.87. The van der Waals surface area contributed by atoms with E-state index in [9.17, 15) is 9.59 Å². The van der Waals surface area contributed by atoms with E-state index in [1.165, 1.54) is 0 Å². The van der Waals surface area contributed by atoms with Crippen LogP contribution >= 0.6 is 0 Å². The SMILES string of the molecule is NC(=O)C1(Cc2cccc(-c3ccccc3)c2)CN(C(=O)C2CC2)CCO1. The van der Waals surface area contributed by atoms with Gasteiger partial charge in [0.25, 0.3) is 5.91 Å². The van der Waals surface area contributed by atoms with E-state index in [4.69, 9.17) is 10.5 Å². The number of primary amides is 1. The van der Waals surface area contributed by atoms with Gasteiger partial charge in [-0.1, -0.05) is 54.6 Å². The Labute approximate surface area is 159 Å². The van der Waals surface area contributed by atoms with Crippen molar-refractivity contribution in [3.63, 3.8) is 0 Å². The van der Waals surface area contributed by atoms with Gasteiger partial charge < -0.3 is 15.4 Å². The number of hydrogen-bond donors (Lipinski definition) is 1. The Morgan fingerprint density at radius 1 is 1.07 bits per heavy atom. The zero-order chi connectivity index (χ0) is 18.9. The highest BCUT2D eigenvalue weighted by Gasteiger charge is 2.45. The summed E-state index contributed by atoms with van der Waals surface area (Å²) < 4.78 is 5.89. The molecule has 1 aliphatic heterocycles. The maximum absolute atomic E-state index is 12.5. The van der Waals surface area contributed by atoms with E-state index in [2.05, 4.69) is 18.2 Å². The quantitative estimate of drug-likeness (QED) is 0.885. The van der Waals surface area contributed by atoms with Crippen molar-refractivity contribution >= 4 is 11.8 Å². The molecule has 1 saturated heterocycles. The molecule has 5 heteroatoms. The Morgan fingerprint density at radius 3 is 2.52 bits per heavy atom. The normalized spacial score (nSPS) is 22.4. The lowest BCUT2D eigenvalue weighted by Crippen LogP contribution is -2.61. The van der Waals surface area contributed by atoms with Crippen LogP contribution in [-0.2, 0) is 20.7 Å². The van der Waals surface area contributed by atoms with Gasteiger partial charge in [-0.3, -0.25) is 9.59 Å². The van der Waals surface area contributed by atoms with E-state index in [-0.39, 0.29) is 18.4 Å². The molecule has 4 rings (SSSR count). The van der Waals surface area contributed by atoms with E-state index in [1.54, 1.807) is 4.90 Å². The first-order chi connectivity index (χ1) is 13.1. The van der Waals surface area contributed by atoms with Gasteiger partial charge in [0.05, 0.1) is 13.2 Å². The van der Waals surface area contributed by atoms with Crippen molar-refractivity contribution in [2.45, 2.75) is 24.9 Å². The largest absolute Gasteiger partial charge is 0.367 e. The molecule has 2 aromatic rings. The molecule has 1 saturated carbocycles. The monoisotopic (exact) mass is 364 g/mol. The summed E-state index contributed by atoms with van der Waals surface area (Å²) in [5.74, 6) is -0.266. The first-order valence-corrected chi connectivity index (χ1v) is 9.44. The maximum atomic E-state index is 12.5. The second-order valence-electron chi connectivity index (χ2n) is 7.48. The number of nitrogens with two attached hydrogens (primary N) is 1. The van der Waals surface area contributed by atoms with E-state index >= 15 is 0 Å². The van der Waals surface area contributed by atoms with E-state index in [0.29, 0.717) is 19.6 Å². The summed E-state index contributed by atoms with van der Waals surface area (Å²) >= 11 is 0. The van der Waals surface area contributed by atoms with E-state index in [0.717, 1.165) is 29.5 Å². The summed E-state index contributed by atoms with van der Waals surface area (Å²) in [5, 5.41) is 0. The number of hydrogen-bond acceptors (Lipinski definition) is 3. The number of nitrogens with zero attached hydrogens (tertiary/aromatic N) is 1. The molecule has 1 heterocycles. The smallest absolute Gasteiger partial charge is 0.251 e. The molecular weight excluding hydrogens is 340 g/mol. The van der Waals surface area contributed by atoms with Crippen LogP contribution in [0.15, 0.2) is 54.6 Å². The van der Waals surface area contributed by atoms with Crippen LogP contribution in [0.3, 0.4) is 0 Å². The third-order valence-corrected chi connectivity index (χ3v) is 5.40. The summed E-state index contributed by atoms with van der Waals surface area (Å²) in [6, 6.07) is 18.1. The van der Waals surface area contributed by atoms with Gasteiger partial charge in [-0.15, -0.1) is 0 Å². The molecule has 0 radical (unpaired) electrons. The molecule has 140 valence electrons. The van der Waals surface area contributed by atoms with E-state index < -0.39 is 11.5 Å². The molecule has 0 bridgehead atoms.